The predicted molar refractivity (Wildman–Crippen MR) is 61.9 cm³/mol. The molecule has 0 fully saturated rings. The molecule has 0 bridgehead atoms. The van der Waals surface area contributed by atoms with Crippen molar-refractivity contribution in [3.8, 4) is 5.75 Å². The lowest BCUT2D eigenvalue weighted by molar-refractivity contribution is 0.289. The second-order valence-corrected chi connectivity index (χ2v) is 3.90. The molecule has 0 aliphatic carbocycles. The van der Waals surface area contributed by atoms with Crippen molar-refractivity contribution in [3.63, 3.8) is 0 Å². The van der Waals surface area contributed by atoms with Crippen LogP contribution in [-0.4, -0.2) is 16.4 Å². The summed E-state index contributed by atoms with van der Waals surface area (Å²) in [5.41, 5.74) is 0. The monoisotopic (exact) mass is 266 g/mol. The standard InChI is InChI=1S/C11H11BrN2O/c12-10-4-1-2-5-11(10)15-9-8-14-7-3-6-13-14/h1-7H,8-9H2. The Morgan fingerprint density at radius 3 is 2.87 bits per heavy atom. The molecule has 1 heterocycles. The van der Waals surface area contributed by atoms with Crippen molar-refractivity contribution in [2.24, 2.45) is 0 Å². The van der Waals surface area contributed by atoms with Gasteiger partial charge in [-0.05, 0) is 34.1 Å². The van der Waals surface area contributed by atoms with Gasteiger partial charge >= 0.3 is 0 Å². The van der Waals surface area contributed by atoms with Gasteiger partial charge in [0.05, 0.1) is 11.0 Å². The summed E-state index contributed by atoms with van der Waals surface area (Å²) in [5, 5.41) is 4.09. The molecule has 0 atom stereocenters. The molecule has 0 amide bonds. The Labute approximate surface area is 96.8 Å². The quantitative estimate of drug-likeness (QED) is 0.851. The highest BCUT2D eigenvalue weighted by Gasteiger charge is 1.98. The third-order valence-corrected chi connectivity index (χ3v) is 2.63. The van der Waals surface area contributed by atoms with Gasteiger partial charge in [-0.1, -0.05) is 12.1 Å². The van der Waals surface area contributed by atoms with E-state index in [9.17, 15) is 0 Å². The maximum absolute atomic E-state index is 5.60. The van der Waals surface area contributed by atoms with Crippen molar-refractivity contribution in [2.75, 3.05) is 6.61 Å². The molecule has 1 aromatic carbocycles. The zero-order valence-electron chi connectivity index (χ0n) is 8.14. The average Bonchev–Trinajstić information content (AvgIpc) is 2.74. The van der Waals surface area contributed by atoms with Gasteiger partial charge in [-0.25, -0.2) is 0 Å². The molecule has 78 valence electrons. The fourth-order valence-electron chi connectivity index (χ4n) is 1.24. The van der Waals surface area contributed by atoms with E-state index in [4.69, 9.17) is 4.74 Å². The molecule has 0 unspecified atom stereocenters. The van der Waals surface area contributed by atoms with E-state index >= 15 is 0 Å². The zero-order chi connectivity index (χ0) is 10.5. The van der Waals surface area contributed by atoms with E-state index < -0.39 is 0 Å². The minimum absolute atomic E-state index is 0.615. The molecule has 3 nitrogen and oxygen atoms in total. The van der Waals surface area contributed by atoms with Crippen LogP contribution in [0.2, 0.25) is 0 Å². The van der Waals surface area contributed by atoms with Crippen LogP contribution < -0.4 is 4.74 Å². The minimum Gasteiger partial charge on any atom is -0.490 e. The summed E-state index contributed by atoms with van der Waals surface area (Å²) in [6.07, 6.45) is 3.68. The van der Waals surface area contributed by atoms with Gasteiger partial charge in [0.2, 0.25) is 0 Å². The number of para-hydroxylation sites is 1. The number of hydrogen-bond donors (Lipinski definition) is 0. The van der Waals surface area contributed by atoms with Crippen molar-refractivity contribution in [1.82, 2.24) is 9.78 Å². The minimum atomic E-state index is 0.615. The van der Waals surface area contributed by atoms with Gasteiger partial charge in [0.25, 0.3) is 0 Å². The lowest BCUT2D eigenvalue weighted by Gasteiger charge is -2.07. The van der Waals surface area contributed by atoms with Crippen molar-refractivity contribution in [3.05, 3.63) is 47.2 Å². The Kier molecular flexibility index (Phi) is 3.40. The van der Waals surface area contributed by atoms with Crippen LogP contribution in [0, 0.1) is 0 Å². The van der Waals surface area contributed by atoms with Crippen LogP contribution in [0.5, 0.6) is 5.75 Å². The molecule has 0 saturated heterocycles. The fourth-order valence-corrected chi connectivity index (χ4v) is 1.64. The molecular formula is C11H11BrN2O. The number of nitrogens with zero attached hydrogens (tertiary/aromatic N) is 2. The van der Waals surface area contributed by atoms with Crippen LogP contribution in [-0.2, 0) is 6.54 Å². The number of hydrogen-bond acceptors (Lipinski definition) is 2. The van der Waals surface area contributed by atoms with Crippen LogP contribution in [0.15, 0.2) is 47.2 Å². The van der Waals surface area contributed by atoms with E-state index in [0.29, 0.717) is 6.61 Å². The summed E-state index contributed by atoms with van der Waals surface area (Å²) in [7, 11) is 0. The van der Waals surface area contributed by atoms with E-state index in [2.05, 4.69) is 21.0 Å². The van der Waals surface area contributed by atoms with E-state index in [1.54, 1.807) is 6.20 Å². The van der Waals surface area contributed by atoms with Crippen LogP contribution in [0.25, 0.3) is 0 Å². The lowest BCUT2D eigenvalue weighted by atomic mass is 10.3. The van der Waals surface area contributed by atoms with E-state index in [-0.39, 0.29) is 0 Å². The molecule has 0 N–H and O–H groups in total. The smallest absolute Gasteiger partial charge is 0.133 e. The molecule has 4 heteroatoms. The molecule has 1 aromatic heterocycles. The number of ether oxygens (including phenoxy) is 1. The first-order chi connectivity index (χ1) is 7.36. The molecule has 0 spiro atoms. The average molecular weight is 267 g/mol. The van der Waals surface area contributed by atoms with Gasteiger partial charge in [0.1, 0.15) is 12.4 Å². The summed E-state index contributed by atoms with van der Waals surface area (Å²) in [4.78, 5) is 0. The summed E-state index contributed by atoms with van der Waals surface area (Å²) < 4.78 is 8.42. The second kappa shape index (κ2) is 4.98. The number of benzene rings is 1. The van der Waals surface area contributed by atoms with E-state index in [1.165, 1.54) is 0 Å². The van der Waals surface area contributed by atoms with Crippen LogP contribution in [0.1, 0.15) is 0 Å². The molecular weight excluding hydrogens is 256 g/mol. The molecule has 0 saturated carbocycles. The van der Waals surface area contributed by atoms with Crippen molar-refractivity contribution in [2.45, 2.75) is 6.54 Å². The first-order valence-corrected chi connectivity index (χ1v) is 5.50. The first-order valence-electron chi connectivity index (χ1n) is 4.71. The number of rotatable bonds is 4. The summed E-state index contributed by atoms with van der Waals surface area (Å²) >= 11 is 3.43. The maximum atomic E-state index is 5.60. The van der Waals surface area contributed by atoms with E-state index in [0.717, 1.165) is 16.8 Å². The second-order valence-electron chi connectivity index (χ2n) is 3.05. The SMILES string of the molecule is Brc1ccccc1OCCn1cccn1. The third kappa shape index (κ3) is 2.83. The largest absolute Gasteiger partial charge is 0.490 e. The highest BCUT2D eigenvalue weighted by Crippen LogP contribution is 2.23. The Hall–Kier alpha value is -1.29. The highest BCUT2D eigenvalue weighted by atomic mass is 79.9. The van der Waals surface area contributed by atoms with Gasteiger partial charge in [-0.3, -0.25) is 4.68 Å². The number of halogens is 1. The van der Waals surface area contributed by atoms with Crippen molar-refractivity contribution < 1.29 is 4.74 Å². The van der Waals surface area contributed by atoms with Crippen LogP contribution in [0.3, 0.4) is 0 Å². The summed E-state index contributed by atoms with van der Waals surface area (Å²) in [5.74, 6) is 0.865. The van der Waals surface area contributed by atoms with Gasteiger partial charge in [-0.15, -0.1) is 0 Å². The summed E-state index contributed by atoms with van der Waals surface area (Å²) in [6, 6.07) is 9.72. The molecule has 0 aliphatic rings. The Morgan fingerprint density at radius 1 is 1.27 bits per heavy atom. The molecule has 0 radical (unpaired) electrons. The highest BCUT2D eigenvalue weighted by molar-refractivity contribution is 9.10. The topological polar surface area (TPSA) is 27.1 Å². The molecule has 0 aliphatic heterocycles. The molecule has 2 rings (SSSR count). The van der Waals surface area contributed by atoms with E-state index in [1.807, 2.05) is 41.2 Å². The number of aromatic nitrogens is 2. The molecule has 15 heavy (non-hydrogen) atoms. The van der Waals surface area contributed by atoms with Gasteiger partial charge in [0.15, 0.2) is 0 Å². The van der Waals surface area contributed by atoms with Gasteiger partial charge in [0, 0.05) is 12.4 Å². The lowest BCUT2D eigenvalue weighted by Crippen LogP contribution is -2.08. The molecule has 2 aromatic rings. The van der Waals surface area contributed by atoms with Gasteiger partial charge in [-0.2, -0.15) is 5.10 Å². The Bertz CT molecular complexity index is 414. The third-order valence-electron chi connectivity index (χ3n) is 1.97. The van der Waals surface area contributed by atoms with Crippen molar-refractivity contribution >= 4 is 15.9 Å². The van der Waals surface area contributed by atoms with Gasteiger partial charge < -0.3 is 4.74 Å². The first kappa shape index (κ1) is 10.2. The maximum Gasteiger partial charge on any atom is 0.133 e. The summed E-state index contributed by atoms with van der Waals surface area (Å²) in [6.45, 7) is 1.37. The fraction of sp³-hybridized carbons (Fsp3) is 0.182. The normalized spacial score (nSPS) is 10.2. The predicted octanol–water partition coefficient (Wildman–Crippen LogP) is 2.72. The van der Waals surface area contributed by atoms with Crippen LogP contribution in [0.4, 0.5) is 0 Å². The van der Waals surface area contributed by atoms with Crippen LogP contribution >= 0.6 is 15.9 Å². The Morgan fingerprint density at radius 2 is 2.13 bits per heavy atom. The van der Waals surface area contributed by atoms with Crippen molar-refractivity contribution in [1.29, 1.82) is 0 Å². The Balaban J connectivity index is 1.86. The zero-order valence-corrected chi connectivity index (χ0v) is 9.72.